The number of hydrogen-bond donors (Lipinski definition) is 0. The number of aryl methyl sites for hydroxylation is 1. The second-order valence-electron chi connectivity index (χ2n) is 9.00. The molecular formula is C29H24N2S. The van der Waals surface area contributed by atoms with Gasteiger partial charge in [0.2, 0.25) is 0 Å². The summed E-state index contributed by atoms with van der Waals surface area (Å²) < 4.78 is 2.26. The van der Waals surface area contributed by atoms with Crippen molar-refractivity contribution in [2.45, 2.75) is 26.2 Å². The van der Waals surface area contributed by atoms with Gasteiger partial charge in [-0.05, 0) is 53.4 Å². The Balaban J connectivity index is 1.55. The minimum absolute atomic E-state index is 0.0234. The number of nitrogens with zero attached hydrogens (tertiary/aromatic N) is 2. The number of aromatic nitrogens is 2. The molecule has 32 heavy (non-hydrogen) atoms. The molecule has 0 radical (unpaired) electrons. The van der Waals surface area contributed by atoms with Crippen molar-refractivity contribution in [3.05, 3.63) is 107 Å². The van der Waals surface area contributed by atoms with E-state index in [0.29, 0.717) is 0 Å². The molecule has 0 saturated heterocycles. The summed E-state index contributed by atoms with van der Waals surface area (Å²) in [6, 6.07) is 30.4. The predicted octanol–water partition coefficient (Wildman–Crippen LogP) is 7.88. The number of fused-ring (bicyclic) bond motifs is 3. The Morgan fingerprint density at radius 3 is 2.31 bits per heavy atom. The monoisotopic (exact) mass is 432 g/mol. The number of rotatable bonds is 3. The van der Waals surface area contributed by atoms with Crippen LogP contribution in [0.2, 0.25) is 0 Å². The number of hydrogen-bond acceptors (Lipinski definition) is 2. The minimum Gasteiger partial charge on any atom is -0.298 e. The van der Waals surface area contributed by atoms with Crippen LogP contribution in [-0.4, -0.2) is 9.55 Å². The van der Waals surface area contributed by atoms with E-state index in [0.717, 1.165) is 22.8 Å². The third kappa shape index (κ3) is 2.89. The fraction of sp³-hybridized carbons (Fsp3) is 0.138. The van der Waals surface area contributed by atoms with Crippen LogP contribution in [0.5, 0.6) is 0 Å². The van der Waals surface area contributed by atoms with Crippen LogP contribution in [0.1, 0.15) is 29.9 Å². The molecule has 3 aromatic carbocycles. The first-order valence-corrected chi connectivity index (χ1v) is 11.8. The summed E-state index contributed by atoms with van der Waals surface area (Å²) in [5, 5.41) is 0. The molecule has 0 aliphatic heterocycles. The van der Waals surface area contributed by atoms with Gasteiger partial charge >= 0.3 is 0 Å². The molecule has 0 atom stereocenters. The molecule has 0 spiro atoms. The van der Waals surface area contributed by atoms with Gasteiger partial charge in [0.05, 0.1) is 10.6 Å². The lowest BCUT2D eigenvalue weighted by molar-refractivity contribution is 0.659. The van der Waals surface area contributed by atoms with Gasteiger partial charge in [-0.15, -0.1) is 11.3 Å². The molecule has 6 rings (SSSR count). The van der Waals surface area contributed by atoms with Crippen molar-refractivity contribution < 1.29 is 0 Å². The van der Waals surface area contributed by atoms with Crippen LogP contribution in [0.15, 0.2) is 91.1 Å². The van der Waals surface area contributed by atoms with E-state index in [1.54, 1.807) is 11.3 Å². The van der Waals surface area contributed by atoms with E-state index < -0.39 is 0 Å². The molecule has 2 heterocycles. The van der Waals surface area contributed by atoms with E-state index in [-0.39, 0.29) is 5.41 Å². The van der Waals surface area contributed by atoms with Crippen molar-refractivity contribution >= 4 is 11.3 Å². The van der Waals surface area contributed by atoms with Crippen LogP contribution < -0.4 is 0 Å². The molecule has 0 fully saturated rings. The summed E-state index contributed by atoms with van der Waals surface area (Å²) in [5.41, 5.74) is 8.72. The first-order chi connectivity index (χ1) is 15.5. The summed E-state index contributed by atoms with van der Waals surface area (Å²) in [6.45, 7) is 6.80. The van der Waals surface area contributed by atoms with E-state index in [9.17, 15) is 0 Å². The lowest BCUT2D eigenvalue weighted by Crippen LogP contribution is -2.15. The molecule has 1 aliphatic carbocycles. The lowest BCUT2D eigenvalue weighted by atomic mass is 9.82. The predicted molar refractivity (Wildman–Crippen MR) is 135 cm³/mol. The molecule has 2 aromatic heterocycles. The maximum atomic E-state index is 5.08. The van der Waals surface area contributed by atoms with Crippen LogP contribution in [0.4, 0.5) is 0 Å². The largest absolute Gasteiger partial charge is 0.298 e. The first kappa shape index (κ1) is 19.3. The number of imidazole rings is 1. The van der Waals surface area contributed by atoms with Gasteiger partial charge in [0.25, 0.3) is 0 Å². The first-order valence-electron chi connectivity index (χ1n) is 11.0. The highest BCUT2D eigenvalue weighted by atomic mass is 32.1. The highest BCUT2D eigenvalue weighted by Crippen LogP contribution is 2.49. The van der Waals surface area contributed by atoms with Crippen molar-refractivity contribution in [1.29, 1.82) is 0 Å². The van der Waals surface area contributed by atoms with E-state index in [4.69, 9.17) is 4.98 Å². The van der Waals surface area contributed by atoms with Gasteiger partial charge < -0.3 is 0 Å². The van der Waals surface area contributed by atoms with E-state index in [1.165, 1.54) is 32.0 Å². The second-order valence-corrected chi connectivity index (χ2v) is 10.3. The van der Waals surface area contributed by atoms with E-state index in [2.05, 4.69) is 110 Å². The van der Waals surface area contributed by atoms with Crippen molar-refractivity contribution in [2.24, 2.45) is 0 Å². The summed E-state index contributed by atoms with van der Waals surface area (Å²) >= 11 is 1.79. The maximum absolute atomic E-state index is 5.08. The summed E-state index contributed by atoms with van der Waals surface area (Å²) in [5.74, 6) is 0.996. The van der Waals surface area contributed by atoms with Crippen molar-refractivity contribution in [3.8, 4) is 38.8 Å². The van der Waals surface area contributed by atoms with Gasteiger partial charge in [-0.3, -0.25) is 4.57 Å². The molecule has 0 amide bonds. The summed E-state index contributed by atoms with van der Waals surface area (Å²) in [4.78, 5) is 7.56. The van der Waals surface area contributed by atoms with Crippen molar-refractivity contribution in [2.75, 3.05) is 0 Å². The van der Waals surface area contributed by atoms with Gasteiger partial charge in [-0.25, -0.2) is 4.98 Å². The van der Waals surface area contributed by atoms with Crippen LogP contribution in [0.25, 0.3) is 38.8 Å². The average molecular weight is 433 g/mol. The highest BCUT2D eigenvalue weighted by Gasteiger charge is 2.35. The van der Waals surface area contributed by atoms with Gasteiger partial charge in [0.15, 0.2) is 5.82 Å². The standard InChI is InChI=1S/C29H24N2S/c1-19-13-16-27(32-19)28-30-26(20-9-5-4-6-10-20)18-31(28)21-14-15-23-22-11-7-8-12-24(22)29(2,3)25(23)17-21/h4-18H,1-3H3. The molecule has 0 N–H and O–H groups in total. The smallest absolute Gasteiger partial charge is 0.155 e. The Morgan fingerprint density at radius 1 is 0.781 bits per heavy atom. The second kappa shape index (κ2) is 7.04. The zero-order valence-corrected chi connectivity index (χ0v) is 19.3. The van der Waals surface area contributed by atoms with Crippen LogP contribution in [0.3, 0.4) is 0 Å². The fourth-order valence-corrected chi connectivity index (χ4v) is 5.75. The van der Waals surface area contributed by atoms with Crippen molar-refractivity contribution in [3.63, 3.8) is 0 Å². The third-order valence-corrected chi connectivity index (χ3v) is 7.58. The molecule has 0 bridgehead atoms. The van der Waals surface area contributed by atoms with Crippen LogP contribution in [-0.2, 0) is 5.41 Å². The number of thiophene rings is 1. The molecule has 2 nitrogen and oxygen atoms in total. The maximum Gasteiger partial charge on any atom is 0.155 e. The Hall–Kier alpha value is -3.43. The molecule has 3 heteroatoms. The molecule has 0 unspecified atom stereocenters. The lowest BCUT2D eigenvalue weighted by Gasteiger charge is -2.22. The quantitative estimate of drug-likeness (QED) is 0.283. The Bertz CT molecular complexity index is 1450. The minimum atomic E-state index is -0.0234. The Labute approximate surface area is 192 Å². The molecule has 5 aromatic rings. The zero-order chi connectivity index (χ0) is 21.9. The normalized spacial score (nSPS) is 13.7. The highest BCUT2D eigenvalue weighted by molar-refractivity contribution is 7.15. The van der Waals surface area contributed by atoms with Gasteiger partial charge in [0.1, 0.15) is 0 Å². The SMILES string of the molecule is Cc1ccc(-c2nc(-c3ccccc3)cn2-c2ccc3c(c2)C(C)(C)c2ccccc2-3)s1. The Kier molecular flexibility index (Phi) is 4.24. The van der Waals surface area contributed by atoms with Gasteiger partial charge in [-0.2, -0.15) is 0 Å². The molecule has 156 valence electrons. The van der Waals surface area contributed by atoms with E-state index >= 15 is 0 Å². The Morgan fingerprint density at radius 2 is 1.53 bits per heavy atom. The molecular weight excluding hydrogens is 408 g/mol. The van der Waals surface area contributed by atoms with Gasteiger partial charge in [-0.1, -0.05) is 74.5 Å². The van der Waals surface area contributed by atoms with Crippen LogP contribution in [0, 0.1) is 6.92 Å². The summed E-state index contributed by atoms with van der Waals surface area (Å²) in [6.07, 6.45) is 2.18. The average Bonchev–Trinajstić information content (AvgIpc) is 3.50. The molecule has 1 aliphatic rings. The van der Waals surface area contributed by atoms with E-state index in [1.807, 2.05) is 6.07 Å². The number of benzene rings is 3. The fourth-order valence-electron chi connectivity index (χ4n) is 4.90. The van der Waals surface area contributed by atoms with Crippen LogP contribution >= 0.6 is 11.3 Å². The topological polar surface area (TPSA) is 17.8 Å². The van der Waals surface area contributed by atoms with Gasteiger partial charge in [0, 0.05) is 27.7 Å². The summed E-state index contributed by atoms with van der Waals surface area (Å²) in [7, 11) is 0. The third-order valence-electron chi connectivity index (χ3n) is 6.58. The molecule has 0 saturated carbocycles. The van der Waals surface area contributed by atoms with Crippen molar-refractivity contribution in [1.82, 2.24) is 9.55 Å². The zero-order valence-electron chi connectivity index (χ0n) is 18.5.